The number of methoxy groups -OCH3 is 2. The van der Waals surface area contributed by atoms with Gasteiger partial charge < -0.3 is 9.47 Å². The zero-order valence-corrected chi connectivity index (χ0v) is 20.5. The van der Waals surface area contributed by atoms with Crippen LogP contribution in [0.5, 0.6) is 11.5 Å². The van der Waals surface area contributed by atoms with Gasteiger partial charge in [0.1, 0.15) is 0 Å². The molecule has 0 aliphatic carbocycles. The molecule has 174 valence electrons. The number of hydrazone groups is 1. The van der Waals surface area contributed by atoms with E-state index in [1.807, 2.05) is 71.5 Å². The van der Waals surface area contributed by atoms with E-state index in [9.17, 15) is 4.79 Å². The molecule has 0 aliphatic heterocycles. The van der Waals surface area contributed by atoms with Crippen molar-refractivity contribution in [3.05, 3.63) is 70.4 Å². The molecule has 2 aromatic carbocycles. The smallest absolute Gasteiger partial charge is 0.250 e. The average Bonchev–Trinajstić information content (AvgIpc) is 3.48. The Morgan fingerprint density at radius 1 is 1.12 bits per heavy atom. The topological polar surface area (TPSA) is 90.6 Å². The van der Waals surface area contributed by atoms with Crippen molar-refractivity contribution in [3.63, 3.8) is 0 Å². The molecular weight excluding hydrogens is 470 g/mol. The van der Waals surface area contributed by atoms with Crippen LogP contribution in [0.1, 0.15) is 10.4 Å². The number of nitrogens with zero attached hydrogens (tertiary/aromatic N) is 4. The highest BCUT2D eigenvalue weighted by atomic mass is 32.2. The van der Waals surface area contributed by atoms with Crippen molar-refractivity contribution in [1.29, 1.82) is 0 Å². The second-order valence-corrected chi connectivity index (χ2v) is 8.99. The van der Waals surface area contributed by atoms with Gasteiger partial charge in [-0.15, -0.1) is 21.5 Å². The Morgan fingerprint density at radius 2 is 1.91 bits per heavy atom. The number of aryl methyl sites for hydroxylation is 1. The summed E-state index contributed by atoms with van der Waals surface area (Å²) in [7, 11) is 3.18. The molecule has 0 bridgehead atoms. The molecule has 34 heavy (non-hydrogen) atoms. The van der Waals surface area contributed by atoms with E-state index in [0.717, 1.165) is 21.7 Å². The number of ether oxygens (including phenoxy) is 2. The predicted octanol–water partition coefficient (Wildman–Crippen LogP) is 4.56. The lowest BCUT2D eigenvalue weighted by Gasteiger charge is -2.12. The van der Waals surface area contributed by atoms with Crippen LogP contribution in [0.15, 0.2) is 70.2 Å². The fourth-order valence-corrected chi connectivity index (χ4v) is 4.71. The molecule has 0 spiro atoms. The van der Waals surface area contributed by atoms with Gasteiger partial charge in [-0.3, -0.25) is 9.36 Å². The van der Waals surface area contributed by atoms with Gasteiger partial charge in [-0.25, -0.2) is 5.43 Å². The fourth-order valence-electron chi connectivity index (χ4n) is 3.18. The lowest BCUT2D eigenvalue weighted by molar-refractivity contribution is -0.118. The van der Waals surface area contributed by atoms with Crippen molar-refractivity contribution in [2.75, 3.05) is 20.0 Å². The molecule has 0 saturated carbocycles. The fraction of sp³-hybridized carbons (Fsp3) is 0.167. The molecule has 0 radical (unpaired) electrons. The van der Waals surface area contributed by atoms with Crippen LogP contribution in [0.3, 0.4) is 0 Å². The Hall–Kier alpha value is -3.63. The molecule has 0 fully saturated rings. The van der Waals surface area contributed by atoms with Crippen LogP contribution in [0, 0.1) is 6.92 Å². The Balaban J connectivity index is 1.56. The predicted molar refractivity (Wildman–Crippen MR) is 135 cm³/mol. The van der Waals surface area contributed by atoms with Crippen LogP contribution in [0.25, 0.3) is 17.1 Å². The highest BCUT2D eigenvalue weighted by molar-refractivity contribution is 7.99. The number of aromatic nitrogens is 3. The molecule has 0 aliphatic rings. The quantitative estimate of drug-likeness (QED) is 0.209. The summed E-state index contributed by atoms with van der Waals surface area (Å²) in [6, 6.07) is 17.3. The molecule has 0 saturated heterocycles. The Morgan fingerprint density at radius 3 is 2.62 bits per heavy atom. The Labute approximate surface area is 205 Å². The first-order chi connectivity index (χ1) is 16.6. The zero-order chi connectivity index (χ0) is 23.9. The third-order valence-electron chi connectivity index (χ3n) is 4.89. The van der Waals surface area contributed by atoms with E-state index in [0.29, 0.717) is 22.5 Å². The molecule has 4 rings (SSSR count). The van der Waals surface area contributed by atoms with E-state index >= 15 is 0 Å². The number of hydrogen-bond acceptors (Lipinski definition) is 8. The molecule has 2 heterocycles. The summed E-state index contributed by atoms with van der Waals surface area (Å²) >= 11 is 2.86. The number of carbonyl (C=O) groups excluding carboxylic acids is 1. The van der Waals surface area contributed by atoms with Crippen LogP contribution in [-0.4, -0.2) is 46.9 Å². The zero-order valence-electron chi connectivity index (χ0n) is 18.9. The minimum atomic E-state index is -0.231. The number of rotatable bonds is 9. The van der Waals surface area contributed by atoms with Gasteiger partial charge in [-0.05, 0) is 54.3 Å². The van der Waals surface area contributed by atoms with Crippen molar-refractivity contribution < 1.29 is 14.3 Å². The maximum atomic E-state index is 12.4. The summed E-state index contributed by atoms with van der Waals surface area (Å²) < 4.78 is 12.7. The van der Waals surface area contributed by atoms with Crippen molar-refractivity contribution in [2.45, 2.75) is 12.1 Å². The first-order valence-corrected chi connectivity index (χ1v) is 12.2. The maximum absolute atomic E-state index is 12.4. The Bertz CT molecular complexity index is 1300. The van der Waals surface area contributed by atoms with Crippen molar-refractivity contribution in [2.24, 2.45) is 5.10 Å². The number of carbonyl (C=O) groups is 1. The van der Waals surface area contributed by atoms with Gasteiger partial charge in [0.2, 0.25) is 0 Å². The summed E-state index contributed by atoms with van der Waals surface area (Å²) in [5.74, 6) is 1.75. The lowest BCUT2D eigenvalue weighted by atomic mass is 10.2. The van der Waals surface area contributed by atoms with Crippen LogP contribution in [0.4, 0.5) is 0 Å². The molecule has 1 N–H and O–H groups in total. The van der Waals surface area contributed by atoms with Crippen molar-refractivity contribution >= 4 is 35.2 Å². The van der Waals surface area contributed by atoms with Gasteiger partial charge in [0.05, 0.1) is 26.2 Å². The van der Waals surface area contributed by atoms with Gasteiger partial charge in [-0.1, -0.05) is 30.0 Å². The minimum absolute atomic E-state index is 0.137. The monoisotopic (exact) mass is 493 g/mol. The van der Waals surface area contributed by atoms with Gasteiger partial charge in [0, 0.05) is 16.1 Å². The maximum Gasteiger partial charge on any atom is 0.250 e. The van der Waals surface area contributed by atoms with Crippen molar-refractivity contribution in [1.82, 2.24) is 20.2 Å². The van der Waals surface area contributed by atoms with Crippen LogP contribution < -0.4 is 14.9 Å². The molecule has 10 heteroatoms. The SMILES string of the molecule is COc1ccc(-c2nnc(SCC(=O)NN=Cc3sccc3C)n2-c2ccccc2)cc1OC. The van der Waals surface area contributed by atoms with Crippen molar-refractivity contribution in [3.8, 4) is 28.6 Å². The highest BCUT2D eigenvalue weighted by Gasteiger charge is 2.18. The Kier molecular flexibility index (Phi) is 7.61. The van der Waals surface area contributed by atoms with Gasteiger partial charge in [0.15, 0.2) is 22.5 Å². The average molecular weight is 494 g/mol. The number of amides is 1. The third kappa shape index (κ3) is 5.29. The number of para-hydroxylation sites is 1. The van der Waals surface area contributed by atoms with E-state index in [-0.39, 0.29) is 11.7 Å². The van der Waals surface area contributed by atoms with E-state index in [1.54, 1.807) is 31.8 Å². The van der Waals surface area contributed by atoms with Gasteiger partial charge in [0.25, 0.3) is 5.91 Å². The first kappa shape index (κ1) is 23.5. The second kappa shape index (κ2) is 11.0. The molecule has 8 nitrogen and oxygen atoms in total. The number of hydrogen-bond donors (Lipinski definition) is 1. The lowest BCUT2D eigenvalue weighted by Crippen LogP contribution is -2.20. The molecular formula is C24H23N5O3S2. The van der Waals surface area contributed by atoms with E-state index in [4.69, 9.17) is 9.47 Å². The first-order valence-electron chi connectivity index (χ1n) is 10.3. The second-order valence-electron chi connectivity index (χ2n) is 7.10. The summed E-state index contributed by atoms with van der Waals surface area (Å²) in [5, 5.41) is 15.4. The van der Waals surface area contributed by atoms with E-state index < -0.39 is 0 Å². The van der Waals surface area contributed by atoms with Gasteiger partial charge in [-0.2, -0.15) is 5.10 Å². The standard InChI is InChI=1S/C24H23N5O3S2/c1-16-11-12-33-21(16)14-25-26-22(30)15-34-24-28-27-23(29(24)18-7-5-4-6-8-18)17-9-10-19(31-2)20(13-17)32-3/h4-14H,15H2,1-3H3,(H,26,30). The van der Waals surface area contributed by atoms with Crippen LogP contribution >= 0.6 is 23.1 Å². The molecule has 0 unspecified atom stereocenters. The molecule has 1 amide bonds. The van der Waals surface area contributed by atoms with Gasteiger partial charge >= 0.3 is 0 Å². The molecule has 4 aromatic rings. The van der Waals surface area contributed by atoms with E-state index in [1.165, 1.54) is 11.8 Å². The highest BCUT2D eigenvalue weighted by Crippen LogP contribution is 2.34. The summed E-state index contributed by atoms with van der Waals surface area (Å²) in [6.07, 6.45) is 1.66. The normalized spacial score (nSPS) is 11.0. The largest absolute Gasteiger partial charge is 0.493 e. The summed E-state index contributed by atoms with van der Waals surface area (Å²) in [5.41, 5.74) is 5.38. The minimum Gasteiger partial charge on any atom is -0.493 e. The number of thioether (sulfide) groups is 1. The third-order valence-corrected chi connectivity index (χ3v) is 6.78. The molecule has 0 atom stereocenters. The van der Waals surface area contributed by atoms with Crippen LogP contribution in [-0.2, 0) is 4.79 Å². The molecule has 2 aromatic heterocycles. The van der Waals surface area contributed by atoms with E-state index in [2.05, 4.69) is 20.7 Å². The number of benzene rings is 2. The van der Waals surface area contributed by atoms with Crippen LogP contribution in [0.2, 0.25) is 0 Å². The number of thiophene rings is 1. The summed E-state index contributed by atoms with van der Waals surface area (Å²) in [6.45, 7) is 2.00. The summed E-state index contributed by atoms with van der Waals surface area (Å²) in [4.78, 5) is 13.4. The number of nitrogens with one attached hydrogen (secondary N) is 1.